The molecular weight excluding hydrogens is 379 g/mol. The molecule has 3 rings (SSSR count). The molecule has 0 unspecified atom stereocenters. The van der Waals surface area contributed by atoms with Gasteiger partial charge in [0.2, 0.25) is 5.91 Å². The monoisotopic (exact) mass is 404 g/mol. The molecule has 1 saturated heterocycles. The minimum absolute atomic E-state index is 0.0451. The number of rotatable bonds is 3. The number of amides is 1. The molecule has 2 aliphatic rings. The van der Waals surface area contributed by atoms with Crippen molar-refractivity contribution in [1.29, 1.82) is 0 Å². The van der Waals surface area contributed by atoms with Crippen LogP contribution in [0.3, 0.4) is 0 Å². The van der Waals surface area contributed by atoms with Crippen molar-refractivity contribution in [3.8, 4) is 0 Å². The van der Waals surface area contributed by atoms with Crippen molar-refractivity contribution < 1.29 is 22.9 Å². The zero-order valence-corrected chi connectivity index (χ0v) is 16.2. The van der Waals surface area contributed by atoms with Crippen LogP contribution in [0, 0.1) is 11.8 Å². The number of hydrogen-bond donors (Lipinski definition) is 1. The third kappa shape index (κ3) is 4.86. The third-order valence-electron chi connectivity index (χ3n) is 5.82. The molecule has 0 aromatic carbocycles. The van der Waals surface area contributed by atoms with E-state index in [0.717, 1.165) is 31.5 Å². The highest BCUT2D eigenvalue weighted by Gasteiger charge is 2.36. The number of H-pyrrole nitrogens is 1. The van der Waals surface area contributed by atoms with Gasteiger partial charge in [0.1, 0.15) is 11.2 Å². The number of nitrogens with one attached hydrogen (secondary N) is 2. The molecule has 27 heavy (non-hydrogen) atoms. The molecule has 2 fully saturated rings. The largest absolute Gasteiger partial charge is 0.419 e. The molecule has 2 N–H and O–H groups in total. The average Bonchev–Trinajstić information content (AvgIpc) is 2.63. The molecule has 1 amide bonds. The molecule has 0 radical (unpaired) electrons. The Morgan fingerprint density at radius 1 is 1.22 bits per heavy atom. The van der Waals surface area contributed by atoms with Crippen molar-refractivity contribution in [1.82, 2.24) is 5.32 Å². The summed E-state index contributed by atoms with van der Waals surface area (Å²) in [7, 11) is 0. The van der Waals surface area contributed by atoms with Gasteiger partial charge in [-0.2, -0.15) is 13.2 Å². The second-order valence-electron chi connectivity index (χ2n) is 7.72. The standard InChI is InChI=1S/C19H25ClF3N3O/c1-12-4-2-3-5-16(12)25-18(27)13-6-8-26(9-7-13)17-15(20)10-14(11-24-17)19(21,22)23/h10-13,16H,2-9H2,1H3,(H,25,27)/p+1/t12-,16-/m1/s1. The van der Waals surface area contributed by atoms with Crippen LogP contribution in [-0.2, 0) is 11.0 Å². The van der Waals surface area contributed by atoms with Crippen LogP contribution < -0.4 is 15.2 Å². The number of aromatic amines is 1. The molecule has 4 nitrogen and oxygen atoms in total. The van der Waals surface area contributed by atoms with E-state index in [4.69, 9.17) is 11.6 Å². The summed E-state index contributed by atoms with van der Waals surface area (Å²) in [6, 6.07) is 1.21. The van der Waals surface area contributed by atoms with E-state index < -0.39 is 11.7 Å². The molecule has 0 spiro atoms. The Morgan fingerprint density at radius 2 is 1.89 bits per heavy atom. The molecule has 0 bridgehead atoms. The first kappa shape index (κ1) is 20.2. The Bertz CT molecular complexity index is 675. The predicted octanol–water partition coefficient (Wildman–Crippen LogP) is 4.08. The molecular formula is C19H26ClF3N3O+. The molecule has 1 aromatic heterocycles. The van der Waals surface area contributed by atoms with E-state index in [9.17, 15) is 18.0 Å². The van der Waals surface area contributed by atoms with Crippen LogP contribution in [-0.4, -0.2) is 25.0 Å². The summed E-state index contributed by atoms with van der Waals surface area (Å²) in [5, 5.41) is 3.26. The third-order valence-corrected chi connectivity index (χ3v) is 6.11. The maximum atomic E-state index is 12.8. The smallest absolute Gasteiger partial charge is 0.353 e. The van der Waals surface area contributed by atoms with Gasteiger partial charge in [0.25, 0.3) is 5.82 Å². The number of hydrogen-bond acceptors (Lipinski definition) is 2. The minimum Gasteiger partial charge on any atom is -0.353 e. The normalized spacial score (nSPS) is 24.7. The highest BCUT2D eigenvalue weighted by molar-refractivity contribution is 6.32. The molecule has 1 aromatic rings. The van der Waals surface area contributed by atoms with Gasteiger partial charge < -0.3 is 5.32 Å². The molecule has 150 valence electrons. The van der Waals surface area contributed by atoms with E-state index in [0.29, 0.717) is 37.7 Å². The summed E-state index contributed by atoms with van der Waals surface area (Å²) in [6.07, 6.45) is 2.43. The van der Waals surface area contributed by atoms with Crippen LogP contribution in [0.5, 0.6) is 0 Å². The summed E-state index contributed by atoms with van der Waals surface area (Å²) in [6.45, 7) is 3.36. The Morgan fingerprint density at radius 3 is 2.48 bits per heavy atom. The van der Waals surface area contributed by atoms with Gasteiger partial charge in [-0.3, -0.25) is 9.69 Å². The number of carbonyl (C=O) groups excluding carboxylic acids is 1. The Kier molecular flexibility index (Phi) is 6.18. The van der Waals surface area contributed by atoms with Crippen molar-refractivity contribution in [3.05, 3.63) is 22.8 Å². The van der Waals surface area contributed by atoms with Gasteiger partial charge in [0.15, 0.2) is 0 Å². The summed E-state index contributed by atoms with van der Waals surface area (Å²) in [4.78, 5) is 17.2. The molecule has 8 heteroatoms. The first-order chi connectivity index (χ1) is 12.8. The van der Waals surface area contributed by atoms with Gasteiger partial charge in [0.05, 0.1) is 18.7 Å². The van der Waals surface area contributed by atoms with E-state index >= 15 is 0 Å². The zero-order valence-electron chi connectivity index (χ0n) is 15.4. The lowest BCUT2D eigenvalue weighted by atomic mass is 9.85. The summed E-state index contributed by atoms with van der Waals surface area (Å²) in [5.74, 6) is 1.05. The lowest BCUT2D eigenvalue weighted by molar-refractivity contribution is -0.367. The van der Waals surface area contributed by atoms with Crippen LogP contribution in [0.15, 0.2) is 12.3 Å². The van der Waals surface area contributed by atoms with Crippen LogP contribution in [0.25, 0.3) is 0 Å². The molecule has 2 atom stereocenters. The van der Waals surface area contributed by atoms with Gasteiger partial charge in [-0.25, -0.2) is 4.98 Å². The fourth-order valence-electron chi connectivity index (χ4n) is 4.06. The fraction of sp³-hybridized carbons (Fsp3) is 0.684. The maximum Gasteiger partial charge on any atom is 0.419 e. The van der Waals surface area contributed by atoms with E-state index in [-0.39, 0.29) is 22.9 Å². The average molecular weight is 405 g/mol. The van der Waals surface area contributed by atoms with Crippen molar-refractivity contribution in [3.63, 3.8) is 0 Å². The van der Waals surface area contributed by atoms with E-state index in [1.54, 1.807) is 0 Å². The second kappa shape index (κ2) is 8.25. The Hall–Kier alpha value is -1.50. The SMILES string of the molecule is C[C@@H]1CCCC[C@H]1NC(=O)C1CCN(c2[nH+]cc(C(F)(F)F)cc2Cl)CC1. The fourth-order valence-corrected chi connectivity index (χ4v) is 4.36. The van der Waals surface area contributed by atoms with Gasteiger partial charge >= 0.3 is 6.18 Å². The lowest BCUT2D eigenvalue weighted by Gasteiger charge is -2.32. The van der Waals surface area contributed by atoms with Crippen LogP contribution in [0.4, 0.5) is 19.0 Å². The van der Waals surface area contributed by atoms with Gasteiger partial charge in [-0.05, 0) is 37.7 Å². The zero-order chi connectivity index (χ0) is 19.6. The molecule has 2 heterocycles. The number of alkyl halides is 3. The highest BCUT2D eigenvalue weighted by atomic mass is 35.5. The summed E-state index contributed by atoms with van der Waals surface area (Å²) >= 11 is 6.06. The Balaban J connectivity index is 1.56. The van der Waals surface area contributed by atoms with Crippen LogP contribution >= 0.6 is 11.6 Å². The minimum atomic E-state index is -4.43. The Labute approximate surface area is 162 Å². The van der Waals surface area contributed by atoms with Crippen molar-refractivity contribution in [2.24, 2.45) is 11.8 Å². The topological polar surface area (TPSA) is 46.5 Å². The number of halogens is 4. The van der Waals surface area contributed by atoms with Crippen molar-refractivity contribution in [2.75, 3.05) is 18.0 Å². The highest BCUT2D eigenvalue weighted by Crippen LogP contribution is 2.33. The first-order valence-electron chi connectivity index (χ1n) is 9.59. The van der Waals surface area contributed by atoms with E-state index in [1.807, 2.05) is 4.90 Å². The number of carbonyl (C=O) groups is 1. The number of nitrogens with zero attached hydrogens (tertiary/aromatic N) is 1. The quantitative estimate of drug-likeness (QED) is 0.825. The first-order valence-corrected chi connectivity index (χ1v) is 9.97. The van der Waals surface area contributed by atoms with Gasteiger partial charge in [0, 0.05) is 12.0 Å². The number of piperidine rings is 1. The number of anilines is 1. The molecule has 1 aliphatic carbocycles. The summed E-state index contributed by atoms with van der Waals surface area (Å²) in [5.41, 5.74) is -0.799. The number of aromatic nitrogens is 1. The molecule has 1 saturated carbocycles. The van der Waals surface area contributed by atoms with Crippen molar-refractivity contribution in [2.45, 2.75) is 57.7 Å². The second-order valence-corrected chi connectivity index (χ2v) is 8.13. The lowest BCUT2D eigenvalue weighted by Crippen LogP contribution is -2.47. The maximum absolute atomic E-state index is 12.8. The molecule has 1 aliphatic heterocycles. The number of pyridine rings is 1. The summed E-state index contributed by atoms with van der Waals surface area (Å²) < 4.78 is 38.3. The van der Waals surface area contributed by atoms with Crippen molar-refractivity contribution >= 4 is 23.3 Å². The van der Waals surface area contributed by atoms with E-state index in [1.165, 1.54) is 6.42 Å². The predicted molar refractivity (Wildman–Crippen MR) is 97.5 cm³/mol. The van der Waals surface area contributed by atoms with Gasteiger partial charge in [-0.15, -0.1) is 0 Å². The van der Waals surface area contributed by atoms with Gasteiger partial charge in [-0.1, -0.05) is 31.4 Å². The van der Waals surface area contributed by atoms with E-state index in [2.05, 4.69) is 17.2 Å². The van der Waals surface area contributed by atoms with Crippen LogP contribution in [0.1, 0.15) is 51.0 Å². The van der Waals surface area contributed by atoms with Crippen LogP contribution in [0.2, 0.25) is 5.02 Å².